The van der Waals surface area contributed by atoms with Crippen molar-refractivity contribution in [1.29, 1.82) is 0 Å². The molecule has 0 radical (unpaired) electrons. The predicted molar refractivity (Wildman–Crippen MR) is 111 cm³/mol. The van der Waals surface area contributed by atoms with E-state index < -0.39 is 0 Å². The lowest BCUT2D eigenvalue weighted by Gasteiger charge is -2.37. The van der Waals surface area contributed by atoms with E-state index in [2.05, 4.69) is 38.3 Å². The molecule has 3 amide bonds. The highest BCUT2D eigenvalue weighted by atomic mass is 32.1. The second-order valence-corrected chi connectivity index (χ2v) is 11.1. The Morgan fingerprint density at radius 2 is 1.69 bits per heavy atom. The van der Waals surface area contributed by atoms with Crippen LogP contribution in [0.1, 0.15) is 60.8 Å². The third-order valence-corrected chi connectivity index (χ3v) is 8.65. The van der Waals surface area contributed by atoms with Crippen LogP contribution in [-0.2, 0) is 22.4 Å². The monoisotopic (exact) mass is 412 g/mol. The number of fused-ring (bicyclic) bond motifs is 2. The zero-order valence-corrected chi connectivity index (χ0v) is 18.1. The van der Waals surface area contributed by atoms with Crippen molar-refractivity contribution in [3.8, 4) is 0 Å². The molecular formula is C23H28N2O3S. The van der Waals surface area contributed by atoms with Crippen LogP contribution in [-0.4, -0.2) is 22.7 Å². The van der Waals surface area contributed by atoms with Crippen molar-refractivity contribution in [2.75, 3.05) is 0 Å². The summed E-state index contributed by atoms with van der Waals surface area (Å²) in [6, 6.07) is 0. The van der Waals surface area contributed by atoms with Gasteiger partial charge in [0.1, 0.15) is 0 Å². The minimum atomic E-state index is -0.322. The van der Waals surface area contributed by atoms with Gasteiger partial charge in [0.05, 0.1) is 17.4 Å². The van der Waals surface area contributed by atoms with E-state index in [1.54, 1.807) is 11.3 Å². The Labute approximate surface area is 175 Å². The Kier molecular flexibility index (Phi) is 4.28. The minimum absolute atomic E-state index is 0.131. The molecular weight excluding hydrogens is 384 g/mol. The van der Waals surface area contributed by atoms with Gasteiger partial charge < -0.3 is 0 Å². The van der Waals surface area contributed by atoms with Gasteiger partial charge in [-0.05, 0) is 60.8 Å². The van der Waals surface area contributed by atoms with Gasteiger partial charge in [-0.1, -0.05) is 32.9 Å². The van der Waals surface area contributed by atoms with Crippen LogP contribution in [0.2, 0.25) is 0 Å². The number of imide groups is 1. The summed E-state index contributed by atoms with van der Waals surface area (Å²) in [4.78, 5) is 40.2. The van der Waals surface area contributed by atoms with Crippen molar-refractivity contribution >= 4 is 29.1 Å². The molecule has 29 heavy (non-hydrogen) atoms. The fraction of sp³-hybridized carbons (Fsp3) is 0.609. The fourth-order valence-corrected chi connectivity index (χ4v) is 6.95. The molecule has 5 aliphatic rings. The molecule has 0 unspecified atom stereocenters. The molecule has 1 aromatic heterocycles. The zero-order chi connectivity index (χ0) is 20.5. The van der Waals surface area contributed by atoms with Gasteiger partial charge in [-0.15, -0.1) is 11.3 Å². The van der Waals surface area contributed by atoms with Gasteiger partial charge in [-0.3, -0.25) is 19.8 Å². The maximum absolute atomic E-state index is 13.0. The molecule has 0 spiro atoms. The van der Waals surface area contributed by atoms with Crippen molar-refractivity contribution in [3.63, 3.8) is 0 Å². The summed E-state index contributed by atoms with van der Waals surface area (Å²) >= 11 is 1.63. The Bertz CT molecular complexity index is 893. The minimum Gasteiger partial charge on any atom is -0.272 e. The van der Waals surface area contributed by atoms with E-state index in [9.17, 15) is 14.4 Å². The topological polar surface area (TPSA) is 66.5 Å². The van der Waals surface area contributed by atoms with Crippen molar-refractivity contribution in [2.45, 2.75) is 52.9 Å². The van der Waals surface area contributed by atoms with E-state index in [0.717, 1.165) is 42.7 Å². The lowest BCUT2D eigenvalue weighted by atomic mass is 9.63. The molecule has 6 rings (SSSR count). The lowest BCUT2D eigenvalue weighted by molar-refractivity contribution is -0.143. The molecule has 1 saturated heterocycles. The number of carbonyl (C=O) groups is 3. The molecule has 0 aromatic carbocycles. The summed E-state index contributed by atoms with van der Waals surface area (Å²) < 4.78 is 0. The van der Waals surface area contributed by atoms with Gasteiger partial charge in [-0.25, -0.2) is 0 Å². The van der Waals surface area contributed by atoms with Crippen LogP contribution >= 0.6 is 11.3 Å². The first-order valence-electron chi connectivity index (χ1n) is 10.7. The maximum Gasteiger partial charge on any atom is 0.271 e. The van der Waals surface area contributed by atoms with Crippen LogP contribution in [0.25, 0.3) is 0 Å². The quantitative estimate of drug-likeness (QED) is 0.594. The van der Waals surface area contributed by atoms with Gasteiger partial charge in [0.25, 0.3) is 17.7 Å². The number of hydrazine groups is 1. The zero-order valence-electron chi connectivity index (χ0n) is 17.2. The van der Waals surface area contributed by atoms with Gasteiger partial charge >= 0.3 is 0 Å². The SMILES string of the molecule is CC(C)(C)[C@@H]1CCc2c(C(=O)NN3C(=O)[C@@H]4[C@H](C3=O)[C@@H]3C=C[C@@H]4CC3)csc2C1. The number of amides is 3. The van der Waals surface area contributed by atoms with E-state index in [1.807, 2.05) is 5.38 Å². The molecule has 5 atom stereocenters. The standard InChI is InChI=1S/C23H28N2O3S/c1-23(2,3)14-8-9-15-16(11-29-17(15)10-14)20(26)24-25-21(27)18-12-4-5-13(7-6-12)19(18)22(25)28/h4-5,11-14,18-19H,6-10H2,1-3H3,(H,24,26)/t12-,13-,14-,18-,19+/m1/s1. The van der Waals surface area contributed by atoms with Crippen molar-refractivity contribution in [1.82, 2.24) is 10.4 Å². The fourth-order valence-electron chi connectivity index (χ4n) is 5.79. The molecule has 5 nitrogen and oxygen atoms in total. The number of thiophene rings is 1. The first-order valence-corrected chi connectivity index (χ1v) is 11.6. The largest absolute Gasteiger partial charge is 0.272 e. The third kappa shape index (κ3) is 2.90. The molecule has 154 valence electrons. The summed E-state index contributed by atoms with van der Waals surface area (Å²) in [6.07, 6.45) is 9.03. The average molecular weight is 413 g/mol. The van der Waals surface area contributed by atoms with Gasteiger partial charge in [0, 0.05) is 10.3 Å². The Balaban J connectivity index is 1.34. The van der Waals surface area contributed by atoms with Gasteiger partial charge in [0.2, 0.25) is 0 Å². The second-order valence-electron chi connectivity index (χ2n) is 10.2. The van der Waals surface area contributed by atoms with Crippen molar-refractivity contribution in [3.05, 3.63) is 33.5 Å². The first kappa shape index (κ1) is 19.0. The lowest BCUT2D eigenvalue weighted by Crippen LogP contribution is -2.47. The first-order chi connectivity index (χ1) is 13.8. The number of nitrogens with zero attached hydrogens (tertiary/aromatic N) is 1. The summed E-state index contributed by atoms with van der Waals surface area (Å²) in [5.41, 5.74) is 4.66. The highest BCUT2D eigenvalue weighted by molar-refractivity contribution is 7.10. The Morgan fingerprint density at radius 1 is 1.07 bits per heavy atom. The van der Waals surface area contributed by atoms with Crippen LogP contribution in [0.15, 0.2) is 17.5 Å². The summed E-state index contributed by atoms with van der Waals surface area (Å²) in [6.45, 7) is 6.82. The Hall–Kier alpha value is -1.95. The number of hydrogen-bond acceptors (Lipinski definition) is 4. The smallest absolute Gasteiger partial charge is 0.271 e. The summed E-state index contributed by atoms with van der Waals surface area (Å²) in [5.74, 6) is -0.507. The van der Waals surface area contributed by atoms with Crippen LogP contribution in [0.4, 0.5) is 0 Å². The molecule has 6 heteroatoms. The number of hydrogen-bond donors (Lipinski definition) is 1. The van der Waals surface area contributed by atoms with E-state index in [4.69, 9.17) is 0 Å². The van der Waals surface area contributed by atoms with Crippen LogP contribution in [0.5, 0.6) is 0 Å². The van der Waals surface area contributed by atoms with Crippen molar-refractivity contribution in [2.24, 2.45) is 35.0 Å². The highest BCUT2D eigenvalue weighted by Crippen LogP contribution is 2.49. The Morgan fingerprint density at radius 3 is 2.24 bits per heavy atom. The molecule has 1 aliphatic heterocycles. The molecule has 1 N–H and O–H groups in total. The van der Waals surface area contributed by atoms with Gasteiger partial charge in [-0.2, -0.15) is 5.01 Å². The van der Waals surface area contributed by atoms with Crippen molar-refractivity contribution < 1.29 is 14.4 Å². The van der Waals surface area contributed by atoms with Crippen LogP contribution in [0.3, 0.4) is 0 Å². The van der Waals surface area contributed by atoms with E-state index in [1.165, 1.54) is 4.88 Å². The number of allylic oxidation sites excluding steroid dienone is 2. The molecule has 2 heterocycles. The molecule has 4 aliphatic carbocycles. The highest BCUT2D eigenvalue weighted by Gasteiger charge is 2.57. The molecule has 2 fully saturated rings. The summed E-state index contributed by atoms with van der Waals surface area (Å²) in [7, 11) is 0. The molecule has 1 aromatic rings. The predicted octanol–water partition coefficient (Wildman–Crippen LogP) is 3.74. The van der Waals surface area contributed by atoms with Gasteiger partial charge in [0.15, 0.2) is 0 Å². The maximum atomic E-state index is 13.0. The number of carbonyl (C=O) groups excluding carboxylic acids is 3. The van der Waals surface area contributed by atoms with E-state index >= 15 is 0 Å². The second kappa shape index (κ2) is 6.53. The third-order valence-electron chi connectivity index (χ3n) is 7.60. The molecule has 1 saturated carbocycles. The number of nitrogens with one attached hydrogen (secondary N) is 1. The normalized spacial score (nSPS) is 33.1. The average Bonchev–Trinajstić information content (AvgIpc) is 3.24. The van der Waals surface area contributed by atoms with Crippen LogP contribution in [0, 0.1) is 35.0 Å². The van der Waals surface area contributed by atoms with E-state index in [-0.39, 0.29) is 46.8 Å². The summed E-state index contributed by atoms with van der Waals surface area (Å²) in [5, 5.41) is 2.93. The van der Waals surface area contributed by atoms with E-state index in [0.29, 0.717) is 11.5 Å². The van der Waals surface area contributed by atoms with Crippen LogP contribution < -0.4 is 5.43 Å². The molecule has 2 bridgehead atoms. The number of rotatable bonds is 2.